The molecule has 0 heterocycles. The lowest BCUT2D eigenvalue weighted by Crippen LogP contribution is -2.57. The van der Waals surface area contributed by atoms with Crippen molar-refractivity contribution < 1.29 is 19.4 Å². The van der Waals surface area contributed by atoms with Crippen molar-refractivity contribution >= 4 is 5.97 Å². The Morgan fingerprint density at radius 1 is 1.43 bits per heavy atom. The highest BCUT2D eigenvalue weighted by Gasteiger charge is 2.45. The highest BCUT2D eigenvalue weighted by Crippen LogP contribution is 2.20. The van der Waals surface area contributed by atoms with Crippen LogP contribution in [0.1, 0.15) is 20.3 Å². The molecule has 84 valence electrons. The molecular formula is C9H19NO4. The van der Waals surface area contributed by atoms with Crippen LogP contribution in [0.3, 0.4) is 0 Å². The number of carboxylic acid groups (broad SMARTS) is 1. The van der Waals surface area contributed by atoms with Gasteiger partial charge in [-0.15, -0.1) is 0 Å². The fraction of sp³-hybridized carbons (Fsp3) is 0.889. The second-order valence-corrected chi connectivity index (χ2v) is 3.62. The topological polar surface area (TPSA) is 81.8 Å². The molecule has 0 aromatic heterocycles. The van der Waals surface area contributed by atoms with Crippen LogP contribution in [0.2, 0.25) is 0 Å². The molecule has 0 bridgehead atoms. The molecule has 0 aromatic carbocycles. The van der Waals surface area contributed by atoms with Crippen LogP contribution in [-0.2, 0) is 14.3 Å². The smallest absolute Gasteiger partial charge is 0.366 e. The number of hydrogen-bond donors (Lipinski definition) is 2. The third-order valence-electron chi connectivity index (χ3n) is 2.12. The fourth-order valence-corrected chi connectivity index (χ4v) is 1.38. The van der Waals surface area contributed by atoms with E-state index in [0.717, 1.165) is 0 Å². The lowest BCUT2D eigenvalue weighted by atomic mass is 9.97. The quantitative estimate of drug-likeness (QED) is 0.615. The minimum absolute atomic E-state index is 0.286. The van der Waals surface area contributed by atoms with Gasteiger partial charge in [0.15, 0.2) is 0 Å². The van der Waals surface area contributed by atoms with Crippen LogP contribution in [0.4, 0.5) is 0 Å². The molecule has 1 atom stereocenters. The zero-order valence-corrected chi connectivity index (χ0v) is 9.11. The molecule has 14 heavy (non-hydrogen) atoms. The highest BCUT2D eigenvalue weighted by atomic mass is 16.7. The summed E-state index contributed by atoms with van der Waals surface area (Å²) in [6.45, 7) is 3.91. The fourth-order valence-electron chi connectivity index (χ4n) is 1.38. The average molecular weight is 205 g/mol. The van der Waals surface area contributed by atoms with Crippen molar-refractivity contribution in [2.75, 3.05) is 14.2 Å². The number of rotatable bonds is 6. The molecule has 0 aliphatic rings. The Bertz CT molecular complexity index is 189. The van der Waals surface area contributed by atoms with Gasteiger partial charge in [0.05, 0.1) is 6.04 Å². The van der Waals surface area contributed by atoms with E-state index in [0.29, 0.717) is 6.42 Å². The first-order valence-electron chi connectivity index (χ1n) is 4.50. The number of aliphatic carboxylic acids is 1. The summed E-state index contributed by atoms with van der Waals surface area (Å²) in [5.41, 5.74) is 5.74. The second kappa shape index (κ2) is 5.29. The van der Waals surface area contributed by atoms with Crippen LogP contribution in [0.25, 0.3) is 0 Å². The SMILES string of the molecule is COC(OC)(C(=O)O)C(N)CC(C)C. The van der Waals surface area contributed by atoms with Crippen LogP contribution >= 0.6 is 0 Å². The normalized spacial score (nSPS) is 14.4. The Kier molecular flexibility index (Phi) is 5.04. The molecule has 0 fully saturated rings. The number of carbonyl (C=O) groups is 1. The number of methoxy groups -OCH3 is 2. The minimum atomic E-state index is -1.73. The number of hydrogen-bond acceptors (Lipinski definition) is 4. The van der Waals surface area contributed by atoms with Crippen molar-refractivity contribution in [3.63, 3.8) is 0 Å². The molecular weight excluding hydrogens is 186 g/mol. The Labute approximate surface area is 84.2 Å². The first-order valence-corrected chi connectivity index (χ1v) is 4.50. The maximum atomic E-state index is 11.0. The van der Waals surface area contributed by atoms with E-state index in [1.807, 2.05) is 13.8 Å². The first kappa shape index (κ1) is 13.4. The lowest BCUT2D eigenvalue weighted by Gasteiger charge is -2.32. The van der Waals surface area contributed by atoms with Gasteiger partial charge in [0.25, 0.3) is 5.79 Å². The van der Waals surface area contributed by atoms with E-state index < -0.39 is 17.8 Å². The van der Waals surface area contributed by atoms with E-state index >= 15 is 0 Å². The van der Waals surface area contributed by atoms with Gasteiger partial charge in [-0.1, -0.05) is 13.8 Å². The van der Waals surface area contributed by atoms with Crippen molar-refractivity contribution in [3.8, 4) is 0 Å². The van der Waals surface area contributed by atoms with Crippen molar-refractivity contribution in [1.82, 2.24) is 0 Å². The molecule has 0 aliphatic heterocycles. The maximum Gasteiger partial charge on any atom is 0.366 e. The summed E-state index contributed by atoms with van der Waals surface area (Å²) in [7, 11) is 2.55. The number of ether oxygens (including phenoxy) is 2. The standard InChI is InChI=1S/C9H19NO4/c1-6(2)5-7(10)9(13-3,14-4)8(11)12/h6-7H,5,10H2,1-4H3,(H,11,12). The van der Waals surface area contributed by atoms with Gasteiger partial charge in [0, 0.05) is 14.2 Å². The zero-order chi connectivity index (χ0) is 11.4. The molecule has 0 spiro atoms. The van der Waals surface area contributed by atoms with Gasteiger partial charge in [0.1, 0.15) is 0 Å². The molecule has 0 saturated heterocycles. The van der Waals surface area contributed by atoms with E-state index in [1.165, 1.54) is 14.2 Å². The van der Waals surface area contributed by atoms with Crippen LogP contribution in [0.5, 0.6) is 0 Å². The van der Waals surface area contributed by atoms with Crippen molar-refractivity contribution in [2.45, 2.75) is 32.1 Å². The third-order valence-corrected chi connectivity index (χ3v) is 2.12. The molecule has 3 N–H and O–H groups in total. The van der Waals surface area contributed by atoms with Crippen LogP contribution in [0, 0.1) is 5.92 Å². The third kappa shape index (κ3) is 2.67. The molecule has 0 saturated carbocycles. The van der Waals surface area contributed by atoms with Gasteiger partial charge in [0.2, 0.25) is 0 Å². The van der Waals surface area contributed by atoms with Gasteiger partial charge in [-0.2, -0.15) is 0 Å². The highest BCUT2D eigenvalue weighted by molar-refractivity contribution is 5.76. The van der Waals surface area contributed by atoms with E-state index in [9.17, 15) is 4.79 Å². The summed E-state index contributed by atoms with van der Waals surface area (Å²) in [6, 6.07) is -0.685. The maximum absolute atomic E-state index is 11.0. The van der Waals surface area contributed by atoms with Crippen molar-refractivity contribution in [2.24, 2.45) is 11.7 Å². The monoisotopic (exact) mass is 205 g/mol. The van der Waals surface area contributed by atoms with Crippen LogP contribution in [-0.4, -0.2) is 37.1 Å². The van der Waals surface area contributed by atoms with E-state index in [-0.39, 0.29) is 5.92 Å². The summed E-state index contributed by atoms with van der Waals surface area (Å²) in [6.07, 6.45) is 0.522. The molecule has 5 nitrogen and oxygen atoms in total. The van der Waals surface area contributed by atoms with Gasteiger partial charge in [-0.25, -0.2) is 4.79 Å². The van der Waals surface area contributed by atoms with Crippen molar-refractivity contribution in [1.29, 1.82) is 0 Å². The average Bonchev–Trinajstić information content (AvgIpc) is 2.05. The van der Waals surface area contributed by atoms with Gasteiger partial charge in [-0.3, -0.25) is 0 Å². The minimum Gasteiger partial charge on any atom is -0.477 e. The predicted octanol–water partition coefficient (Wildman–Crippen LogP) is 0.433. The Morgan fingerprint density at radius 2 is 1.86 bits per heavy atom. The summed E-state index contributed by atoms with van der Waals surface area (Å²) < 4.78 is 9.73. The van der Waals surface area contributed by atoms with E-state index in [4.69, 9.17) is 20.3 Å². The molecule has 0 radical (unpaired) electrons. The molecule has 1 unspecified atom stereocenters. The van der Waals surface area contributed by atoms with Crippen molar-refractivity contribution in [3.05, 3.63) is 0 Å². The first-order chi connectivity index (χ1) is 6.40. The van der Waals surface area contributed by atoms with E-state index in [2.05, 4.69) is 0 Å². The molecule has 0 aromatic rings. The van der Waals surface area contributed by atoms with Gasteiger partial charge < -0.3 is 20.3 Å². The Balaban J connectivity index is 4.71. The molecule has 0 rings (SSSR count). The molecule has 5 heteroatoms. The predicted molar refractivity (Wildman–Crippen MR) is 51.8 cm³/mol. The summed E-state index contributed by atoms with van der Waals surface area (Å²) in [5, 5.41) is 8.98. The lowest BCUT2D eigenvalue weighted by molar-refractivity contribution is -0.234. The van der Waals surface area contributed by atoms with Gasteiger partial charge >= 0.3 is 5.97 Å². The van der Waals surface area contributed by atoms with Crippen LogP contribution in [0.15, 0.2) is 0 Å². The molecule has 0 aliphatic carbocycles. The zero-order valence-electron chi connectivity index (χ0n) is 9.11. The Morgan fingerprint density at radius 3 is 2.07 bits per heavy atom. The number of nitrogens with two attached hydrogens (primary N) is 1. The van der Waals surface area contributed by atoms with E-state index in [1.54, 1.807) is 0 Å². The molecule has 0 amide bonds. The summed E-state index contributed by atoms with van der Waals surface area (Å²) in [4.78, 5) is 11.0. The van der Waals surface area contributed by atoms with Gasteiger partial charge in [-0.05, 0) is 12.3 Å². The summed E-state index contributed by atoms with van der Waals surface area (Å²) >= 11 is 0. The second-order valence-electron chi connectivity index (χ2n) is 3.62. The Hall–Kier alpha value is -0.650. The summed E-state index contributed by atoms with van der Waals surface area (Å²) in [5.74, 6) is -2.64. The largest absolute Gasteiger partial charge is 0.477 e. The number of carboxylic acids is 1. The van der Waals surface area contributed by atoms with Crippen LogP contribution < -0.4 is 5.73 Å².